The van der Waals surface area contributed by atoms with E-state index < -0.39 is 0 Å². The van der Waals surface area contributed by atoms with Crippen LogP contribution in [-0.2, 0) is 4.74 Å². The van der Waals surface area contributed by atoms with E-state index in [4.69, 9.17) is 4.74 Å². The van der Waals surface area contributed by atoms with Crippen LogP contribution in [0.4, 0.5) is 4.79 Å². The molecular formula is C14H27N3O2. The highest BCUT2D eigenvalue weighted by atomic mass is 16.5. The van der Waals surface area contributed by atoms with Crippen LogP contribution in [0.2, 0.25) is 0 Å². The van der Waals surface area contributed by atoms with E-state index in [2.05, 4.69) is 15.1 Å². The van der Waals surface area contributed by atoms with E-state index in [0.717, 1.165) is 52.2 Å². The van der Waals surface area contributed by atoms with Crippen molar-refractivity contribution in [3.63, 3.8) is 0 Å². The van der Waals surface area contributed by atoms with Gasteiger partial charge in [0.15, 0.2) is 0 Å². The van der Waals surface area contributed by atoms with Crippen LogP contribution in [0.1, 0.15) is 32.6 Å². The molecule has 2 aliphatic rings. The summed E-state index contributed by atoms with van der Waals surface area (Å²) in [6.07, 6.45) is 4.76. The Balaban J connectivity index is 1.93. The lowest BCUT2D eigenvalue weighted by Crippen LogP contribution is -2.51. The van der Waals surface area contributed by atoms with Gasteiger partial charge in [0.25, 0.3) is 0 Å². The third kappa shape index (κ3) is 4.35. The molecule has 2 rings (SSSR count). The zero-order chi connectivity index (χ0) is 13.5. The van der Waals surface area contributed by atoms with Gasteiger partial charge in [-0.3, -0.25) is 4.90 Å². The third-order valence-electron chi connectivity index (χ3n) is 4.04. The molecule has 1 N–H and O–H groups in total. The van der Waals surface area contributed by atoms with Crippen molar-refractivity contribution >= 4 is 6.03 Å². The summed E-state index contributed by atoms with van der Waals surface area (Å²) < 4.78 is 5.39. The topological polar surface area (TPSA) is 44.8 Å². The molecule has 2 saturated heterocycles. The molecule has 0 unspecified atom stereocenters. The first-order valence-corrected chi connectivity index (χ1v) is 7.66. The van der Waals surface area contributed by atoms with Gasteiger partial charge < -0.3 is 15.0 Å². The summed E-state index contributed by atoms with van der Waals surface area (Å²) in [5, 5.41) is 2.95. The zero-order valence-electron chi connectivity index (χ0n) is 12.1. The molecule has 2 amide bonds. The van der Waals surface area contributed by atoms with Crippen LogP contribution in [0.3, 0.4) is 0 Å². The van der Waals surface area contributed by atoms with Gasteiger partial charge >= 0.3 is 6.03 Å². The number of carbonyl (C=O) groups excluding carboxylic acids is 1. The van der Waals surface area contributed by atoms with E-state index in [-0.39, 0.29) is 6.03 Å². The first-order chi connectivity index (χ1) is 9.31. The van der Waals surface area contributed by atoms with E-state index >= 15 is 0 Å². The van der Waals surface area contributed by atoms with Crippen molar-refractivity contribution in [2.75, 3.05) is 45.9 Å². The number of nitrogens with one attached hydrogen (secondary N) is 1. The number of hydrogen-bond donors (Lipinski definition) is 1. The molecule has 0 aromatic carbocycles. The molecule has 0 radical (unpaired) electrons. The Kier molecular flexibility index (Phi) is 5.92. The second-order valence-corrected chi connectivity index (χ2v) is 5.45. The highest BCUT2D eigenvalue weighted by molar-refractivity contribution is 5.74. The predicted molar refractivity (Wildman–Crippen MR) is 75.3 cm³/mol. The van der Waals surface area contributed by atoms with E-state index in [0.29, 0.717) is 12.6 Å². The zero-order valence-corrected chi connectivity index (χ0v) is 12.1. The van der Waals surface area contributed by atoms with E-state index in [1.165, 1.54) is 12.8 Å². The van der Waals surface area contributed by atoms with Gasteiger partial charge in [-0.25, -0.2) is 4.79 Å². The maximum Gasteiger partial charge on any atom is 0.317 e. The summed E-state index contributed by atoms with van der Waals surface area (Å²) in [5.74, 6) is 0. The molecule has 5 heteroatoms. The maximum absolute atomic E-state index is 12.2. The molecule has 5 nitrogen and oxygen atoms in total. The standard InChI is InChI=1S/C14H27N3O2/c1-2-15-14(18)17-7-5-3-4-6-13(17)12-16-8-10-19-11-9-16/h13H,2-12H2,1H3,(H,15,18)/t13-/m1/s1. The Bertz CT molecular complexity index is 280. The van der Waals surface area contributed by atoms with Crippen LogP contribution in [0.25, 0.3) is 0 Å². The lowest BCUT2D eigenvalue weighted by molar-refractivity contribution is 0.0261. The van der Waals surface area contributed by atoms with Crippen molar-refractivity contribution < 1.29 is 9.53 Å². The van der Waals surface area contributed by atoms with E-state index in [1.807, 2.05) is 6.92 Å². The summed E-state index contributed by atoms with van der Waals surface area (Å²) in [6.45, 7) is 8.24. The Labute approximate surface area is 116 Å². The number of ether oxygens (including phenoxy) is 1. The Morgan fingerprint density at radius 2 is 2.00 bits per heavy atom. The highest BCUT2D eigenvalue weighted by Crippen LogP contribution is 2.18. The number of likely N-dealkylation sites (tertiary alicyclic amines) is 1. The van der Waals surface area contributed by atoms with Crippen molar-refractivity contribution in [2.45, 2.75) is 38.6 Å². The summed E-state index contributed by atoms with van der Waals surface area (Å²) in [6, 6.07) is 0.481. The fourth-order valence-corrected chi connectivity index (χ4v) is 2.97. The molecule has 0 saturated carbocycles. The molecule has 110 valence electrons. The van der Waals surface area contributed by atoms with Crippen molar-refractivity contribution in [1.82, 2.24) is 15.1 Å². The largest absolute Gasteiger partial charge is 0.379 e. The number of nitrogens with zero attached hydrogens (tertiary/aromatic N) is 2. The lowest BCUT2D eigenvalue weighted by Gasteiger charge is -2.35. The van der Waals surface area contributed by atoms with Crippen LogP contribution in [0.5, 0.6) is 0 Å². The number of morpholine rings is 1. The molecule has 19 heavy (non-hydrogen) atoms. The summed E-state index contributed by atoms with van der Waals surface area (Å²) in [7, 11) is 0. The van der Waals surface area contributed by atoms with E-state index in [1.54, 1.807) is 0 Å². The predicted octanol–water partition coefficient (Wildman–Crippen LogP) is 1.29. The fourth-order valence-electron chi connectivity index (χ4n) is 2.97. The molecule has 2 aliphatic heterocycles. The minimum Gasteiger partial charge on any atom is -0.379 e. The number of hydrogen-bond acceptors (Lipinski definition) is 3. The molecule has 0 bridgehead atoms. The summed E-state index contributed by atoms with van der Waals surface area (Å²) >= 11 is 0. The quantitative estimate of drug-likeness (QED) is 0.840. The Hall–Kier alpha value is -0.810. The molecule has 1 atom stereocenters. The van der Waals surface area contributed by atoms with Crippen LogP contribution < -0.4 is 5.32 Å². The van der Waals surface area contributed by atoms with Gasteiger partial charge in [0.05, 0.1) is 13.2 Å². The second kappa shape index (κ2) is 7.70. The second-order valence-electron chi connectivity index (χ2n) is 5.45. The normalized spacial score (nSPS) is 25.9. The van der Waals surface area contributed by atoms with Crippen molar-refractivity contribution in [2.24, 2.45) is 0 Å². The number of carbonyl (C=O) groups is 1. The maximum atomic E-state index is 12.2. The lowest BCUT2D eigenvalue weighted by atomic mass is 10.1. The van der Waals surface area contributed by atoms with Crippen LogP contribution in [0.15, 0.2) is 0 Å². The number of urea groups is 1. The van der Waals surface area contributed by atoms with Gasteiger partial charge in [-0.05, 0) is 19.8 Å². The number of amides is 2. The van der Waals surface area contributed by atoms with Crippen molar-refractivity contribution in [3.8, 4) is 0 Å². The minimum atomic E-state index is 0.114. The van der Waals surface area contributed by atoms with Crippen molar-refractivity contribution in [3.05, 3.63) is 0 Å². The van der Waals surface area contributed by atoms with Gasteiger partial charge in [-0.15, -0.1) is 0 Å². The third-order valence-corrected chi connectivity index (χ3v) is 4.04. The SMILES string of the molecule is CCNC(=O)N1CCCCC[C@@H]1CN1CCOCC1. The van der Waals surface area contributed by atoms with Crippen LogP contribution in [-0.4, -0.2) is 67.8 Å². The summed E-state index contributed by atoms with van der Waals surface area (Å²) in [5.41, 5.74) is 0. The van der Waals surface area contributed by atoms with E-state index in [9.17, 15) is 4.79 Å². The molecule has 2 fully saturated rings. The molecular weight excluding hydrogens is 242 g/mol. The average molecular weight is 269 g/mol. The fraction of sp³-hybridized carbons (Fsp3) is 0.929. The van der Waals surface area contributed by atoms with Gasteiger partial charge in [0.1, 0.15) is 0 Å². The van der Waals surface area contributed by atoms with Crippen molar-refractivity contribution in [1.29, 1.82) is 0 Å². The first-order valence-electron chi connectivity index (χ1n) is 7.66. The molecule has 2 heterocycles. The smallest absolute Gasteiger partial charge is 0.317 e. The molecule has 0 aliphatic carbocycles. The van der Waals surface area contributed by atoms with Gasteiger partial charge in [-0.2, -0.15) is 0 Å². The Morgan fingerprint density at radius 1 is 1.21 bits per heavy atom. The average Bonchev–Trinajstić information content (AvgIpc) is 2.66. The monoisotopic (exact) mass is 269 g/mol. The minimum absolute atomic E-state index is 0.114. The molecule has 0 spiro atoms. The van der Waals surface area contributed by atoms with Crippen LogP contribution in [0, 0.1) is 0 Å². The Morgan fingerprint density at radius 3 is 2.74 bits per heavy atom. The van der Waals surface area contributed by atoms with Gasteiger partial charge in [0.2, 0.25) is 0 Å². The summed E-state index contributed by atoms with van der Waals surface area (Å²) in [4.78, 5) is 16.7. The highest BCUT2D eigenvalue weighted by Gasteiger charge is 2.27. The molecule has 0 aromatic rings. The van der Waals surface area contributed by atoms with Gasteiger partial charge in [-0.1, -0.05) is 12.8 Å². The number of rotatable bonds is 3. The van der Waals surface area contributed by atoms with Gasteiger partial charge in [0, 0.05) is 38.8 Å². The first kappa shape index (κ1) is 14.6. The van der Waals surface area contributed by atoms with Crippen LogP contribution >= 0.6 is 0 Å². The molecule has 0 aromatic heterocycles.